The summed E-state index contributed by atoms with van der Waals surface area (Å²) in [6.45, 7) is 10.4. The minimum atomic E-state index is 0. The number of hydrogen-bond acceptors (Lipinski definition) is 4. The second kappa shape index (κ2) is 10.6. The highest BCUT2D eigenvalue weighted by Gasteiger charge is 2.15. The van der Waals surface area contributed by atoms with Gasteiger partial charge in [0.25, 0.3) is 0 Å². The molecule has 1 aliphatic heterocycles. The summed E-state index contributed by atoms with van der Waals surface area (Å²) in [7, 11) is 0. The average Bonchev–Trinajstić information content (AvgIpc) is 3.19. The van der Waals surface area contributed by atoms with Crippen LogP contribution in [0.25, 0.3) is 0 Å². The molecule has 0 atom stereocenters. The molecule has 0 spiro atoms. The molecule has 2 aromatic heterocycles. The predicted octanol–water partition coefficient (Wildman–Crippen LogP) is 2.19. The molecular formula is C18H31IN8. The van der Waals surface area contributed by atoms with Crippen molar-refractivity contribution < 1.29 is 0 Å². The first-order chi connectivity index (χ1) is 12.7. The molecule has 0 unspecified atom stereocenters. The van der Waals surface area contributed by atoms with Crippen molar-refractivity contribution in [2.75, 3.05) is 13.1 Å². The number of rotatable bonds is 7. The Labute approximate surface area is 178 Å². The molecular weight excluding hydrogens is 455 g/mol. The van der Waals surface area contributed by atoms with Crippen molar-refractivity contribution in [1.29, 1.82) is 0 Å². The summed E-state index contributed by atoms with van der Waals surface area (Å²) >= 11 is 0. The van der Waals surface area contributed by atoms with E-state index in [0.29, 0.717) is 6.54 Å². The summed E-state index contributed by atoms with van der Waals surface area (Å²) in [6, 6.07) is 2.11. The lowest BCUT2D eigenvalue weighted by atomic mass is 10.2. The van der Waals surface area contributed by atoms with E-state index >= 15 is 0 Å². The van der Waals surface area contributed by atoms with Crippen LogP contribution >= 0.6 is 24.0 Å². The van der Waals surface area contributed by atoms with Gasteiger partial charge < -0.3 is 15.2 Å². The van der Waals surface area contributed by atoms with Gasteiger partial charge in [-0.05, 0) is 46.1 Å². The molecule has 0 saturated carbocycles. The molecule has 1 aliphatic rings. The molecule has 150 valence electrons. The molecule has 3 heterocycles. The number of nitrogens with one attached hydrogen (secondary N) is 2. The van der Waals surface area contributed by atoms with E-state index in [2.05, 4.69) is 60.1 Å². The van der Waals surface area contributed by atoms with E-state index < -0.39 is 0 Å². The zero-order chi connectivity index (χ0) is 18.4. The van der Waals surface area contributed by atoms with E-state index in [9.17, 15) is 0 Å². The molecule has 2 aromatic rings. The lowest BCUT2D eigenvalue weighted by molar-refractivity contribution is 0.508. The van der Waals surface area contributed by atoms with Crippen molar-refractivity contribution in [2.45, 2.75) is 66.1 Å². The molecule has 27 heavy (non-hydrogen) atoms. The van der Waals surface area contributed by atoms with E-state index in [1.165, 1.54) is 18.5 Å². The molecule has 0 saturated heterocycles. The van der Waals surface area contributed by atoms with Crippen LogP contribution in [-0.4, -0.2) is 43.6 Å². The topological polar surface area (TPSA) is 85.0 Å². The highest BCUT2D eigenvalue weighted by molar-refractivity contribution is 14.0. The summed E-state index contributed by atoms with van der Waals surface area (Å²) in [5.41, 5.74) is 2.28. The summed E-state index contributed by atoms with van der Waals surface area (Å²) < 4.78 is 4.28. The van der Waals surface area contributed by atoms with Gasteiger partial charge in [-0.1, -0.05) is 0 Å². The number of fused-ring (bicyclic) bond motifs is 1. The first-order valence-electron chi connectivity index (χ1n) is 9.61. The summed E-state index contributed by atoms with van der Waals surface area (Å²) in [5.74, 6) is 2.89. The zero-order valence-corrected chi connectivity index (χ0v) is 18.9. The second-order valence-corrected chi connectivity index (χ2v) is 6.77. The lowest BCUT2D eigenvalue weighted by Gasteiger charge is -2.14. The van der Waals surface area contributed by atoms with Crippen LogP contribution < -0.4 is 10.6 Å². The van der Waals surface area contributed by atoms with Crippen LogP contribution in [0.15, 0.2) is 11.1 Å². The zero-order valence-electron chi connectivity index (χ0n) is 16.5. The Kier molecular flexibility index (Phi) is 8.52. The van der Waals surface area contributed by atoms with Crippen molar-refractivity contribution >= 4 is 29.9 Å². The summed E-state index contributed by atoms with van der Waals surface area (Å²) in [6.07, 6.45) is 4.43. The normalized spacial score (nSPS) is 13.8. The SMILES string of the molecule is CCNC(=NCc1nnc2n1CCCC2)NCCCn1nc(C)cc1C.I. The maximum Gasteiger partial charge on any atom is 0.191 e. The first kappa shape index (κ1) is 21.6. The molecule has 9 heteroatoms. The van der Waals surface area contributed by atoms with Crippen molar-refractivity contribution in [1.82, 2.24) is 35.2 Å². The predicted molar refractivity (Wildman–Crippen MR) is 118 cm³/mol. The van der Waals surface area contributed by atoms with Gasteiger partial charge in [-0.2, -0.15) is 5.10 Å². The van der Waals surface area contributed by atoms with Gasteiger partial charge in [0.05, 0.1) is 5.69 Å². The molecule has 0 fully saturated rings. The fraction of sp³-hybridized carbons (Fsp3) is 0.667. The smallest absolute Gasteiger partial charge is 0.191 e. The molecule has 0 radical (unpaired) electrons. The van der Waals surface area contributed by atoms with E-state index in [1.807, 2.05) is 6.92 Å². The van der Waals surface area contributed by atoms with Gasteiger partial charge in [-0.25, -0.2) is 4.99 Å². The van der Waals surface area contributed by atoms with Crippen molar-refractivity contribution in [2.24, 2.45) is 4.99 Å². The minimum absolute atomic E-state index is 0. The van der Waals surface area contributed by atoms with E-state index in [0.717, 1.165) is 62.3 Å². The third-order valence-electron chi connectivity index (χ3n) is 4.60. The number of nitrogens with zero attached hydrogens (tertiary/aromatic N) is 6. The Bertz CT molecular complexity index is 749. The number of hydrogen-bond donors (Lipinski definition) is 2. The van der Waals surface area contributed by atoms with Crippen LogP contribution in [0, 0.1) is 13.8 Å². The molecule has 0 amide bonds. The van der Waals surface area contributed by atoms with Crippen LogP contribution in [0.5, 0.6) is 0 Å². The van der Waals surface area contributed by atoms with Crippen LogP contribution in [0.2, 0.25) is 0 Å². The monoisotopic (exact) mass is 486 g/mol. The largest absolute Gasteiger partial charge is 0.357 e. The van der Waals surface area contributed by atoms with Gasteiger partial charge in [0.1, 0.15) is 12.4 Å². The molecule has 8 nitrogen and oxygen atoms in total. The molecule has 0 bridgehead atoms. The lowest BCUT2D eigenvalue weighted by Crippen LogP contribution is -2.38. The Morgan fingerprint density at radius 3 is 2.81 bits per heavy atom. The number of halogens is 1. The fourth-order valence-electron chi connectivity index (χ4n) is 3.31. The highest BCUT2D eigenvalue weighted by atomic mass is 127. The Morgan fingerprint density at radius 1 is 1.22 bits per heavy atom. The maximum atomic E-state index is 4.68. The average molecular weight is 486 g/mol. The summed E-state index contributed by atoms with van der Waals surface area (Å²) in [4.78, 5) is 4.68. The van der Waals surface area contributed by atoms with Gasteiger partial charge in [0, 0.05) is 38.3 Å². The first-order valence-corrected chi connectivity index (χ1v) is 9.61. The number of aromatic nitrogens is 5. The minimum Gasteiger partial charge on any atom is -0.357 e. The molecule has 2 N–H and O–H groups in total. The molecule has 0 aromatic carbocycles. The number of guanidine groups is 1. The Hall–Kier alpha value is -1.65. The van der Waals surface area contributed by atoms with Crippen LogP contribution in [0.1, 0.15) is 49.2 Å². The van der Waals surface area contributed by atoms with Gasteiger partial charge >= 0.3 is 0 Å². The molecule has 0 aliphatic carbocycles. The van der Waals surface area contributed by atoms with Crippen molar-refractivity contribution in [3.05, 3.63) is 29.1 Å². The van der Waals surface area contributed by atoms with Gasteiger partial charge in [0.15, 0.2) is 11.8 Å². The van der Waals surface area contributed by atoms with Crippen LogP contribution in [0.4, 0.5) is 0 Å². The standard InChI is InChI=1S/C18H30N8.HI/c1-4-19-18(20-9-7-11-26-15(3)12-14(2)24-26)21-13-17-23-22-16-8-5-6-10-25(16)17;/h12H,4-11,13H2,1-3H3,(H2,19,20,21);1H. The Balaban J connectivity index is 0.00000261. The van der Waals surface area contributed by atoms with E-state index in [-0.39, 0.29) is 24.0 Å². The van der Waals surface area contributed by atoms with E-state index in [4.69, 9.17) is 0 Å². The quantitative estimate of drug-likeness (QED) is 0.271. The van der Waals surface area contributed by atoms with E-state index in [1.54, 1.807) is 0 Å². The van der Waals surface area contributed by atoms with Gasteiger partial charge in [-0.3, -0.25) is 4.68 Å². The summed E-state index contributed by atoms with van der Waals surface area (Å²) in [5, 5.41) is 19.8. The van der Waals surface area contributed by atoms with Gasteiger partial charge in [0.2, 0.25) is 0 Å². The Morgan fingerprint density at radius 2 is 2.07 bits per heavy atom. The highest BCUT2D eigenvalue weighted by Crippen LogP contribution is 2.14. The fourth-order valence-corrected chi connectivity index (χ4v) is 3.31. The third-order valence-corrected chi connectivity index (χ3v) is 4.60. The van der Waals surface area contributed by atoms with Crippen molar-refractivity contribution in [3.63, 3.8) is 0 Å². The van der Waals surface area contributed by atoms with Crippen LogP contribution in [0.3, 0.4) is 0 Å². The maximum absolute atomic E-state index is 4.68. The van der Waals surface area contributed by atoms with Crippen LogP contribution in [-0.2, 0) is 26.1 Å². The molecule has 3 rings (SSSR count). The van der Waals surface area contributed by atoms with Crippen molar-refractivity contribution in [3.8, 4) is 0 Å². The third kappa shape index (κ3) is 5.91. The van der Waals surface area contributed by atoms with Gasteiger partial charge in [-0.15, -0.1) is 34.2 Å². The number of aryl methyl sites for hydroxylation is 4. The number of aliphatic imine (C=N–C) groups is 1. The second-order valence-electron chi connectivity index (χ2n) is 6.77.